The van der Waals surface area contributed by atoms with Crippen molar-refractivity contribution in [3.8, 4) is 0 Å². The van der Waals surface area contributed by atoms with Gasteiger partial charge in [0.05, 0.1) is 0 Å². The number of piperidine rings is 1. The number of hydrogen-bond acceptors (Lipinski definition) is 3. The molecule has 0 radical (unpaired) electrons. The second-order valence-electron chi connectivity index (χ2n) is 6.54. The summed E-state index contributed by atoms with van der Waals surface area (Å²) in [7, 11) is 0. The van der Waals surface area contributed by atoms with Gasteiger partial charge < -0.3 is 16.0 Å². The van der Waals surface area contributed by atoms with Crippen LogP contribution in [0.25, 0.3) is 0 Å². The fourth-order valence-electron chi connectivity index (χ4n) is 3.13. The summed E-state index contributed by atoms with van der Waals surface area (Å²) in [5, 5.41) is 2.89. The number of hydrogen-bond donors (Lipinski definition) is 2. The largest absolute Gasteiger partial charge is 0.399 e. The summed E-state index contributed by atoms with van der Waals surface area (Å²) in [6, 6.07) is 13.0. The van der Waals surface area contributed by atoms with E-state index >= 15 is 0 Å². The number of nitrogen functional groups attached to an aromatic ring is 1. The van der Waals surface area contributed by atoms with E-state index in [1.807, 2.05) is 0 Å². The molecule has 0 atom stereocenters. The van der Waals surface area contributed by atoms with Crippen LogP contribution in [0.4, 0.5) is 10.1 Å². The third-order valence-corrected chi connectivity index (χ3v) is 4.67. The van der Waals surface area contributed by atoms with Crippen LogP contribution in [-0.2, 0) is 11.3 Å². The van der Waals surface area contributed by atoms with Crippen LogP contribution < -0.4 is 11.1 Å². The Morgan fingerprint density at radius 2 is 1.81 bits per heavy atom. The SMILES string of the molecule is Nc1cccc(C(=O)N2CCC(C(=O)NCc3ccc(F)cc3)CC2)c1. The topological polar surface area (TPSA) is 75.4 Å². The molecule has 0 bridgehead atoms. The van der Waals surface area contributed by atoms with Crippen LogP contribution in [0.3, 0.4) is 0 Å². The van der Waals surface area contributed by atoms with Gasteiger partial charge in [-0.1, -0.05) is 18.2 Å². The van der Waals surface area contributed by atoms with Gasteiger partial charge in [0.15, 0.2) is 0 Å². The average molecular weight is 355 g/mol. The van der Waals surface area contributed by atoms with Gasteiger partial charge in [0, 0.05) is 36.8 Å². The highest BCUT2D eigenvalue weighted by atomic mass is 19.1. The number of nitrogens with two attached hydrogens (primary N) is 1. The minimum Gasteiger partial charge on any atom is -0.399 e. The van der Waals surface area contributed by atoms with Gasteiger partial charge in [0.25, 0.3) is 5.91 Å². The van der Waals surface area contributed by atoms with Crippen molar-refractivity contribution >= 4 is 17.5 Å². The Balaban J connectivity index is 1.49. The van der Waals surface area contributed by atoms with E-state index in [-0.39, 0.29) is 23.5 Å². The first-order valence-electron chi connectivity index (χ1n) is 8.70. The van der Waals surface area contributed by atoms with Gasteiger partial charge in [-0.05, 0) is 48.7 Å². The van der Waals surface area contributed by atoms with Crippen LogP contribution in [0.2, 0.25) is 0 Å². The quantitative estimate of drug-likeness (QED) is 0.828. The van der Waals surface area contributed by atoms with E-state index in [2.05, 4.69) is 5.32 Å². The number of amides is 2. The number of benzene rings is 2. The van der Waals surface area contributed by atoms with Crippen LogP contribution >= 0.6 is 0 Å². The third kappa shape index (κ3) is 4.39. The smallest absolute Gasteiger partial charge is 0.253 e. The maximum absolute atomic E-state index is 12.9. The van der Waals surface area contributed by atoms with E-state index in [4.69, 9.17) is 5.73 Å². The minimum atomic E-state index is -0.294. The van der Waals surface area contributed by atoms with E-state index < -0.39 is 0 Å². The lowest BCUT2D eigenvalue weighted by Crippen LogP contribution is -2.42. The molecular formula is C20H22FN3O2. The van der Waals surface area contributed by atoms with Gasteiger partial charge in [0.2, 0.25) is 5.91 Å². The fourth-order valence-corrected chi connectivity index (χ4v) is 3.13. The molecule has 1 saturated heterocycles. The monoisotopic (exact) mass is 355 g/mol. The molecule has 1 aliphatic heterocycles. The van der Waals surface area contributed by atoms with Crippen molar-refractivity contribution in [2.75, 3.05) is 18.8 Å². The third-order valence-electron chi connectivity index (χ3n) is 4.67. The molecule has 0 saturated carbocycles. The molecule has 6 heteroatoms. The van der Waals surface area contributed by atoms with Crippen molar-refractivity contribution in [3.63, 3.8) is 0 Å². The molecule has 26 heavy (non-hydrogen) atoms. The lowest BCUT2D eigenvalue weighted by Gasteiger charge is -2.31. The maximum Gasteiger partial charge on any atom is 0.253 e. The highest BCUT2D eigenvalue weighted by Crippen LogP contribution is 2.20. The maximum atomic E-state index is 12.9. The molecule has 3 rings (SSSR count). The van der Waals surface area contributed by atoms with E-state index in [1.54, 1.807) is 41.3 Å². The zero-order chi connectivity index (χ0) is 18.5. The van der Waals surface area contributed by atoms with Crippen molar-refractivity contribution in [3.05, 3.63) is 65.5 Å². The van der Waals surface area contributed by atoms with Gasteiger partial charge in [0.1, 0.15) is 5.82 Å². The van der Waals surface area contributed by atoms with Crippen molar-refractivity contribution in [2.24, 2.45) is 5.92 Å². The van der Waals surface area contributed by atoms with Crippen molar-refractivity contribution in [1.29, 1.82) is 0 Å². The lowest BCUT2D eigenvalue weighted by atomic mass is 9.95. The number of anilines is 1. The molecule has 3 N–H and O–H groups in total. The molecule has 5 nitrogen and oxygen atoms in total. The van der Waals surface area contributed by atoms with Gasteiger partial charge in [-0.3, -0.25) is 9.59 Å². The highest BCUT2D eigenvalue weighted by molar-refractivity contribution is 5.95. The molecule has 1 fully saturated rings. The number of likely N-dealkylation sites (tertiary alicyclic amines) is 1. The highest BCUT2D eigenvalue weighted by Gasteiger charge is 2.27. The normalized spacial score (nSPS) is 14.9. The van der Waals surface area contributed by atoms with Crippen LogP contribution in [0, 0.1) is 11.7 Å². The van der Waals surface area contributed by atoms with Crippen molar-refractivity contribution < 1.29 is 14.0 Å². The fraction of sp³-hybridized carbons (Fsp3) is 0.300. The molecule has 0 spiro atoms. The Kier molecular flexibility index (Phi) is 5.51. The molecule has 0 aliphatic carbocycles. The average Bonchev–Trinajstić information content (AvgIpc) is 2.67. The summed E-state index contributed by atoms with van der Waals surface area (Å²) >= 11 is 0. The summed E-state index contributed by atoms with van der Waals surface area (Å²) in [6.07, 6.45) is 1.26. The number of halogens is 1. The van der Waals surface area contributed by atoms with Gasteiger partial charge in [-0.15, -0.1) is 0 Å². The molecule has 2 amide bonds. The van der Waals surface area contributed by atoms with Crippen molar-refractivity contribution in [1.82, 2.24) is 10.2 Å². The summed E-state index contributed by atoms with van der Waals surface area (Å²) in [5.74, 6) is -0.481. The molecule has 0 aromatic heterocycles. The first-order chi connectivity index (χ1) is 12.5. The summed E-state index contributed by atoms with van der Waals surface area (Å²) in [4.78, 5) is 26.6. The Bertz CT molecular complexity index is 784. The first-order valence-corrected chi connectivity index (χ1v) is 8.70. The predicted molar refractivity (Wildman–Crippen MR) is 97.7 cm³/mol. The summed E-state index contributed by atoms with van der Waals surface area (Å²) in [5.41, 5.74) is 7.72. The molecule has 1 aliphatic rings. The van der Waals surface area contributed by atoms with Crippen LogP contribution in [-0.4, -0.2) is 29.8 Å². The van der Waals surface area contributed by atoms with Gasteiger partial charge in [-0.2, -0.15) is 0 Å². The predicted octanol–water partition coefficient (Wildman–Crippen LogP) is 2.58. The van der Waals surface area contributed by atoms with E-state index in [0.717, 1.165) is 5.56 Å². The number of nitrogens with zero attached hydrogens (tertiary/aromatic N) is 1. The molecule has 136 valence electrons. The Hall–Kier alpha value is -2.89. The first kappa shape index (κ1) is 17.9. The molecule has 1 heterocycles. The molecule has 2 aromatic rings. The van der Waals surface area contributed by atoms with E-state index in [1.165, 1.54) is 12.1 Å². The standard InChI is InChI=1S/C20H22FN3O2/c21-17-6-4-14(5-7-17)13-23-19(25)15-8-10-24(11-9-15)20(26)16-2-1-3-18(22)12-16/h1-7,12,15H,8-11,13,22H2,(H,23,25). The molecule has 0 unspecified atom stereocenters. The zero-order valence-electron chi connectivity index (χ0n) is 14.5. The Labute approximate surface area is 152 Å². The number of carbonyl (C=O) groups excluding carboxylic acids is 2. The zero-order valence-corrected chi connectivity index (χ0v) is 14.5. The van der Waals surface area contributed by atoms with E-state index in [0.29, 0.717) is 43.7 Å². The number of carbonyl (C=O) groups is 2. The number of rotatable bonds is 4. The van der Waals surface area contributed by atoms with Crippen molar-refractivity contribution in [2.45, 2.75) is 19.4 Å². The second-order valence-corrected chi connectivity index (χ2v) is 6.54. The van der Waals surface area contributed by atoms with Gasteiger partial charge >= 0.3 is 0 Å². The van der Waals surface area contributed by atoms with Gasteiger partial charge in [-0.25, -0.2) is 4.39 Å². The minimum absolute atomic E-state index is 0.0228. The lowest BCUT2D eigenvalue weighted by molar-refractivity contribution is -0.126. The van der Waals surface area contributed by atoms with Crippen LogP contribution in [0.15, 0.2) is 48.5 Å². The number of nitrogens with one attached hydrogen (secondary N) is 1. The van der Waals surface area contributed by atoms with E-state index in [9.17, 15) is 14.0 Å². The second kappa shape index (κ2) is 7.99. The van der Waals surface area contributed by atoms with Crippen LogP contribution in [0.5, 0.6) is 0 Å². The Morgan fingerprint density at radius 3 is 2.46 bits per heavy atom. The molecule has 2 aromatic carbocycles. The Morgan fingerprint density at radius 1 is 1.12 bits per heavy atom. The molecular weight excluding hydrogens is 333 g/mol. The summed E-state index contributed by atoms with van der Waals surface area (Å²) in [6.45, 7) is 1.46. The van der Waals surface area contributed by atoms with Crippen LogP contribution in [0.1, 0.15) is 28.8 Å². The summed E-state index contributed by atoms with van der Waals surface area (Å²) < 4.78 is 12.9.